The molecule has 8 heteroatoms. The van der Waals surface area contributed by atoms with E-state index in [9.17, 15) is 22.4 Å². The number of nitrogen functional groups attached to an aromatic ring is 1. The van der Waals surface area contributed by atoms with Crippen LogP contribution in [0.15, 0.2) is 18.2 Å². The number of nitrogens with two attached hydrogens (primary N) is 1. The molecule has 112 valence electrons. The summed E-state index contributed by atoms with van der Waals surface area (Å²) in [5, 5.41) is 2.26. The standard InChI is InChI=1S/C12H14F4N2O2/c13-9-2-1-8(17)7-10(9)18-11(19)3-5-20-6-4-12(14,15)16/h1-2,7H,3-6,17H2,(H,18,19). The topological polar surface area (TPSA) is 64.3 Å². The van der Waals surface area contributed by atoms with Crippen LogP contribution < -0.4 is 11.1 Å². The lowest BCUT2D eigenvalue weighted by molar-refractivity contribution is -0.145. The van der Waals surface area contributed by atoms with Crippen molar-refractivity contribution >= 4 is 17.3 Å². The van der Waals surface area contributed by atoms with Crippen LogP contribution in [0.1, 0.15) is 12.8 Å². The number of amides is 1. The molecule has 0 aromatic heterocycles. The number of hydrogen-bond donors (Lipinski definition) is 2. The second-order valence-corrected chi connectivity index (χ2v) is 4.02. The van der Waals surface area contributed by atoms with Gasteiger partial charge in [0.15, 0.2) is 0 Å². The van der Waals surface area contributed by atoms with Gasteiger partial charge in [-0.05, 0) is 18.2 Å². The number of carbonyl (C=O) groups is 1. The van der Waals surface area contributed by atoms with Crippen LogP contribution in [0.3, 0.4) is 0 Å². The highest BCUT2D eigenvalue weighted by Crippen LogP contribution is 2.19. The Kier molecular flexibility index (Phi) is 5.75. The molecule has 3 N–H and O–H groups in total. The smallest absolute Gasteiger partial charge is 0.391 e. The molecule has 0 saturated carbocycles. The Balaban J connectivity index is 2.29. The van der Waals surface area contributed by atoms with Crippen molar-refractivity contribution in [1.82, 2.24) is 0 Å². The molecule has 0 aliphatic carbocycles. The van der Waals surface area contributed by atoms with Crippen LogP contribution in [0.25, 0.3) is 0 Å². The molecule has 1 aromatic carbocycles. The maximum Gasteiger partial charge on any atom is 0.391 e. The lowest BCUT2D eigenvalue weighted by atomic mass is 10.2. The minimum Gasteiger partial charge on any atom is -0.399 e. The minimum atomic E-state index is -4.28. The third kappa shape index (κ3) is 6.37. The van der Waals surface area contributed by atoms with Crippen molar-refractivity contribution < 1.29 is 27.1 Å². The van der Waals surface area contributed by atoms with Gasteiger partial charge in [-0.2, -0.15) is 13.2 Å². The number of nitrogens with one attached hydrogen (secondary N) is 1. The molecule has 0 fully saturated rings. The number of carbonyl (C=O) groups excluding carboxylic acids is 1. The molecule has 20 heavy (non-hydrogen) atoms. The average molecular weight is 294 g/mol. The van der Waals surface area contributed by atoms with Crippen LogP contribution in [-0.4, -0.2) is 25.3 Å². The molecule has 1 rings (SSSR count). The van der Waals surface area contributed by atoms with Crippen molar-refractivity contribution in [2.45, 2.75) is 19.0 Å². The molecular formula is C12H14F4N2O2. The number of rotatable bonds is 6. The van der Waals surface area contributed by atoms with Crippen molar-refractivity contribution in [2.24, 2.45) is 0 Å². The number of ether oxygens (including phenoxy) is 1. The molecule has 0 heterocycles. The summed E-state index contributed by atoms with van der Waals surface area (Å²) in [4.78, 5) is 11.4. The number of halogens is 4. The second-order valence-electron chi connectivity index (χ2n) is 4.02. The van der Waals surface area contributed by atoms with Gasteiger partial charge in [-0.15, -0.1) is 0 Å². The quantitative estimate of drug-likeness (QED) is 0.481. The molecular weight excluding hydrogens is 280 g/mol. The second kappa shape index (κ2) is 7.09. The Labute approximate surface area is 112 Å². The summed E-state index contributed by atoms with van der Waals surface area (Å²) in [6, 6.07) is 3.69. The predicted octanol–water partition coefficient (Wildman–Crippen LogP) is 2.71. The Morgan fingerprint density at radius 1 is 1.30 bits per heavy atom. The van der Waals surface area contributed by atoms with Gasteiger partial charge in [0, 0.05) is 5.69 Å². The fourth-order valence-corrected chi connectivity index (χ4v) is 1.31. The molecule has 0 saturated heterocycles. The lowest BCUT2D eigenvalue weighted by Gasteiger charge is -2.08. The molecule has 0 spiro atoms. The summed E-state index contributed by atoms with van der Waals surface area (Å²) in [5.74, 6) is -1.22. The van der Waals surface area contributed by atoms with Crippen LogP contribution in [0.4, 0.5) is 28.9 Å². The molecule has 0 aliphatic rings. The monoisotopic (exact) mass is 294 g/mol. The first-order valence-electron chi connectivity index (χ1n) is 5.77. The van der Waals surface area contributed by atoms with Crippen LogP contribution in [0.5, 0.6) is 0 Å². The summed E-state index contributed by atoms with van der Waals surface area (Å²) in [6.07, 6.45) is -5.53. The third-order valence-corrected chi connectivity index (χ3v) is 2.27. The average Bonchev–Trinajstić information content (AvgIpc) is 2.32. The zero-order valence-electron chi connectivity index (χ0n) is 10.5. The molecule has 0 bridgehead atoms. The fourth-order valence-electron chi connectivity index (χ4n) is 1.31. The maximum absolute atomic E-state index is 13.3. The third-order valence-electron chi connectivity index (χ3n) is 2.27. The SMILES string of the molecule is Nc1ccc(F)c(NC(=O)CCOCCC(F)(F)F)c1. The van der Waals surface area contributed by atoms with Gasteiger partial charge in [0.25, 0.3) is 0 Å². The normalized spacial score (nSPS) is 11.4. The molecule has 1 aromatic rings. The van der Waals surface area contributed by atoms with Crippen LogP contribution in [-0.2, 0) is 9.53 Å². The van der Waals surface area contributed by atoms with Crippen LogP contribution >= 0.6 is 0 Å². The van der Waals surface area contributed by atoms with Crippen LogP contribution in [0, 0.1) is 5.82 Å². The summed E-state index contributed by atoms with van der Waals surface area (Å²) in [7, 11) is 0. The summed E-state index contributed by atoms with van der Waals surface area (Å²) in [6.45, 7) is -0.685. The lowest BCUT2D eigenvalue weighted by Crippen LogP contribution is -2.17. The zero-order valence-corrected chi connectivity index (χ0v) is 10.5. The van der Waals surface area contributed by atoms with Gasteiger partial charge in [-0.3, -0.25) is 4.79 Å². The molecule has 0 atom stereocenters. The van der Waals surface area contributed by atoms with E-state index in [0.717, 1.165) is 6.07 Å². The van der Waals surface area contributed by atoms with E-state index in [-0.39, 0.29) is 24.4 Å². The van der Waals surface area contributed by atoms with E-state index in [1.54, 1.807) is 0 Å². The van der Waals surface area contributed by atoms with Gasteiger partial charge in [-0.1, -0.05) is 0 Å². The van der Waals surface area contributed by atoms with E-state index in [2.05, 4.69) is 10.1 Å². The largest absolute Gasteiger partial charge is 0.399 e. The summed E-state index contributed by atoms with van der Waals surface area (Å²) < 4.78 is 53.3. The number of benzene rings is 1. The Bertz CT molecular complexity index is 463. The Morgan fingerprint density at radius 2 is 2.00 bits per heavy atom. The first-order valence-corrected chi connectivity index (χ1v) is 5.77. The fraction of sp³-hybridized carbons (Fsp3) is 0.417. The first-order chi connectivity index (χ1) is 9.28. The number of anilines is 2. The predicted molar refractivity (Wildman–Crippen MR) is 65.6 cm³/mol. The number of alkyl halides is 3. The zero-order chi connectivity index (χ0) is 15.2. The van der Waals surface area contributed by atoms with Crippen molar-refractivity contribution in [2.75, 3.05) is 24.3 Å². The van der Waals surface area contributed by atoms with Gasteiger partial charge in [0.1, 0.15) is 5.82 Å². The van der Waals surface area contributed by atoms with Gasteiger partial charge in [-0.25, -0.2) is 4.39 Å². The van der Waals surface area contributed by atoms with E-state index in [1.807, 2.05) is 0 Å². The van der Waals surface area contributed by atoms with Crippen molar-refractivity contribution in [1.29, 1.82) is 0 Å². The molecule has 0 aliphatic heterocycles. The maximum atomic E-state index is 13.3. The molecule has 0 unspecified atom stereocenters. The highest BCUT2D eigenvalue weighted by atomic mass is 19.4. The van der Waals surface area contributed by atoms with Crippen molar-refractivity contribution in [3.8, 4) is 0 Å². The van der Waals surface area contributed by atoms with Crippen molar-refractivity contribution in [3.05, 3.63) is 24.0 Å². The summed E-state index contributed by atoms with van der Waals surface area (Å²) in [5.41, 5.74) is 5.64. The highest BCUT2D eigenvalue weighted by Gasteiger charge is 2.26. The van der Waals surface area contributed by atoms with Crippen molar-refractivity contribution in [3.63, 3.8) is 0 Å². The molecule has 0 radical (unpaired) electrons. The molecule has 1 amide bonds. The van der Waals surface area contributed by atoms with E-state index < -0.39 is 30.9 Å². The summed E-state index contributed by atoms with van der Waals surface area (Å²) >= 11 is 0. The van der Waals surface area contributed by atoms with Gasteiger partial charge in [0.2, 0.25) is 5.91 Å². The number of hydrogen-bond acceptors (Lipinski definition) is 3. The Hall–Kier alpha value is -1.83. The first kappa shape index (κ1) is 16.2. The van der Waals surface area contributed by atoms with E-state index in [1.165, 1.54) is 12.1 Å². The molecule has 4 nitrogen and oxygen atoms in total. The van der Waals surface area contributed by atoms with Gasteiger partial charge < -0.3 is 15.8 Å². The minimum absolute atomic E-state index is 0.0784. The van der Waals surface area contributed by atoms with E-state index in [4.69, 9.17) is 5.73 Å². The van der Waals surface area contributed by atoms with Gasteiger partial charge >= 0.3 is 6.18 Å². The van der Waals surface area contributed by atoms with E-state index >= 15 is 0 Å². The Morgan fingerprint density at radius 3 is 2.65 bits per heavy atom. The van der Waals surface area contributed by atoms with Gasteiger partial charge in [0.05, 0.1) is 31.7 Å². The highest BCUT2D eigenvalue weighted by molar-refractivity contribution is 5.91. The van der Waals surface area contributed by atoms with E-state index in [0.29, 0.717) is 0 Å². The van der Waals surface area contributed by atoms with Crippen LogP contribution in [0.2, 0.25) is 0 Å².